The Morgan fingerprint density at radius 1 is 0.718 bits per heavy atom. The van der Waals surface area contributed by atoms with Crippen molar-refractivity contribution in [2.45, 2.75) is 25.9 Å². The number of anilines is 3. The van der Waals surface area contributed by atoms with Crippen molar-refractivity contribution in [1.82, 2.24) is 4.90 Å². The van der Waals surface area contributed by atoms with Crippen LogP contribution in [0.3, 0.4) is 0 Å². The van der Waals surface area contributed by atoms with E-state index in [9.17, 15) is 14.4 Å². The van der Waals surface area contributed by atoms with Crippen LogP contribution >= 0.6 is 0 Å². The molecule has 0 radical (unpaired) electrons. The number of imide groups is 1. The first kappa shape index (κ1) is 25.5. The molecular formula is C31H28N4O4. The van der Waals surface area contributed by atoms with Gasteiger partial charge in [0.15, 0.2) is 0 Å². The molecule has 0 bridgehead atoms. The molecule has 1 saturated heterocycles. The normalized spacial score (nSPS) is 14.3. The third-order valence-electron chi connectivity index (χ3n) is 6.48. The van der Waals surface area contributed by atoms with Crippen molar-refractivity contribution >= 4 is 35.0 Å². The molecule has 0 spiro atoms. The number of hydrogen-bond acceptors (Lipinski definition) is 4. The largest absolute Gasteiger partial charge is 0.457 e. The van der Waals surface area contributed by atoms with Crippen LogP contribution in [0, 0.1) is 0 Å². The molecule has 0 atom stereocenters. The van der Waals surface area contributed by atoms with Gasteiger partial charge in [-0.25, -0.2) is 14.5 Å². The van der Waals surface area contributed by atoms with Crippen LogP contribution in [-0.4, -0.2) is 28.4 Å². The quantitative estimate of drug-likeness (QED) is 0.260. The standard InChI is InChI=1S/C31H28N4O4/c1-31(2)28(36)35(25-17-19-27(20-18-25)39-26-11-7-4-8-12-26)30(38)34(31)21-22-13-15-24(16-14-22)33-29(37)32-23-9-5-3-6-10-23/h3-20H,21H2,1-2H3,(H2,32,33,37). The highest BCUT2D eigenvalue weighted by Gasteiger charge is 2.51. The van der Waals surface area contributed by atoms with Gasteiger partial charge in [0.1, 0.15) is 17.0 Å². The average Bonchev–Trinajstić information content (AvgIpc) is 3.10. The Hall–Kier alpha value is -5.11. The molecule has 196 valence electrons. The van der Waals surface area contributed by atoms with E-state index in [1.165, 1.54) is 4.90 Å². The summed E-state index contributed by atoms with van der Waals surface area (Å²) >= 11 is 0. The summed E-state index contributed by atoms with van der Waals surface area (Å²) < 4.78 is 5.83. The number of urea groups is 2. The second-order valence-electron chi connectivity index (χ2n) is 9.62. The van der Waals surface area contributed by atoms with Gasteiger partial charge >= 0.3 is 12.1 Å². The lowest BCUT2D eigenvalue weighted by atomic mass is 10.0. The second-order valence-corrected chi connectivity index (χ2v) is 9.62. The molecule has 0 aliphatic carbocycles. The summed E-state index contributed by atoms with van der Waals surface area (Å²) in [6, 6.07) is 31.8. The maximum absolute atomic E-state index is 13.4. The molecule has 0 unspecified atom stereocenters. The lowest BCUT2D eigenvalue weighted by molar-refractivity contribution is -0.123. The Bertz CT molecular complexity index is 1470. The summed E-state index contributed by atoms with van der Waals surface area (Å²) in [4.78, 5) is 41.8. The number of carbonyl (C=O) groups excluding carboxylic acids is 3. The first-order valence-electron chi connectivity index (χ1n) is 12.5. The zero-order valence-electron chi connectivity index (χ0n) is 21.6. The SMILES string of the molecule is CC1(C)C(=O)N(c2ccc(Oc3ccccc3)cc2)C(=O)N1Cc1ccc(NC(=O)Nc2ccccc2)cc1. The summed E-state index contributed by atoms with van der Waals surface area (Å²) in [5.74, 6) is 0.996. The fourth-order valence-electron chi connectivity index (χ4n) is 4.31. The topological polar surface area (TPSA) is 91.0 Å². The summed E-state index contributed by atoms with van der Waals surface area (Å²) in [6.07, 6.45) is 0. The minimum absolute atomic E-state index is 0.236. The van der Waals surface area contributed by atoms with E-state index in [0.29, 0.717) is 28.6 Å². The van der Waals surface area contributed by atoms with Gasteiger partial charge in [-0.3, -0.25) is 4.79 Å². The minimum Gasteiger partial charge on any atom is -0.457 e. The van der Waals surface area contributed by atoms with Gasteiger partial charge in [0.2, 0.25) is 0 Å². The summed E-state index contributed by atoms with van der Waals surface area (Å²) in [6.45, 7) is 3.72. The maximum atomic E-state index is 13.4. The van der Waals surface area contributed by atoms with Gasteiger partial charge in [-0.15, -0.1) is 0 Å². The fourth-order valence-corrected chi connectivity index (χ4v) is 4.31. The fraction of sp³-hybridized carbons (Fsp3) is 0.129. The van der Waals surface area contributed by atoms with Gasteiger partial charge in [-0.2, -0.15) is 0 Å². The number of para-hydroxylation sites is 2. The van der Waals surface area contributed by atoms with E-state index in [1.807, 2.05) is 60.7 Å². The number of amides is 5. The third kappa shape index (κ3) is 5.60. The van der Waals surface area contributed by atoms with Gasteiger partial charge in [0.05, 0.1) is 5.69 Å². The molecular weight excluding hydrogens is 492 g/mol. The first-order chi connectivity index (χ1) is 18.8. The van der Waals surface area contributed by atoms with Crippen molar-refractivity contribution in [3.63, 3.8) is 0 Å². The maximum Gasteiger partial charge on any atom is 0.332 e. The van der Waals surface area contributed by atoms with E-state index >= 15 is 0 Å². The third-order valence-corrected chi connectivity index (χ3v) is 6.48. The highest BCUT2D eigenvalue weighted by Crippen LogP contribution is 2.34. The lowest BCUT2D eigenvalue weighted by Gasteiger charge is -2.27. The van der Waals surface area contributed by atoms with Gasteiger partial charge in [-0.05, 0) is 80.1 Å². The number of ether oxygens (including phenoxy) is 1. The zero-order valence-corrected chi connectivity index (χ0v) is 21.6. The molecule has 5 rings (SSSR count). The first-order valence-corrected chi connectivity index (χ1v) is 12.5. The molecule has 1 aliphatic heterocycles. The summed E-state index contributed by atoms with van der Waals surface area (Å²) in [7, 11) is 0. The van der Waals surface area contributed by atoms with E-state index in [2.05, 4.69) is 10.6 Å². The molecule has 2 N–H and O–H groups in total. The zero-order chi connectivity index (χ0) is 27.4. The van der Waals surface area contributed by atoms with Crippen LogP contribution in [0.2, 0.25) is 0 Å². The van der Waals surface area contributed by atoms with Crippen molar-refractivity contribution in [1.29, 1.82) is 0 Å². The van der Waals surface area contributed by atoms with Crippen LogP contribution in [0.4, 0.5) is 26.7 Å². The van der Waals surface area contributed by atoms with Gasteiger partial charge in [0, 0.05) is 17.9 Å². The molecule has 5 amide bonds. The summed E-state index contributed by atoms with van der Waals surface area (Å²) in [5.41, 5.74) is 1.56. The monoisotopic (exact) mass is 520 g/mol. The van der Waals surface area contributed by atoms with E-state index in [4.69, 9.17) is 4.74 Å². The van der Waals surface area contributed by atoms with Crippen LogP contribution in [0.15, 0.2) is 109 Å². The van der Waals surface area contributed by atoms with E-state index in [0.717, 1.165) is 5.56 Å². The Balaban J connectivity index is 1.25. The number of hydrogen-bond donors (Lipinski definition) is 2. The molecule has 0 aromatic heterocycles. The van der Waals surface area contributed by atoms with Gasteiger partial charge in [-0.1, -0.05) is 48.5 Å². The highest BCUT2D eigenvalue weighted by atomic mass is 16.5. The molecule has 4 aromatic carbocycles. The van der Waals surface area contributed by atoms with Crippen molar-refractivity contribution in [3.8, 4) is 11.5 Å². The number of benzene rings is 4. The number of carbonyl (C=O) groups is 3. The minimum atomic E-state index is -1.04. The molecule has 39 heavy (non-hydrogen) atoms. The second kappa shape index (κ2) is 10.7. The molecule has 8 nitrogen and oxygen atoms in total. The molecule has 1 heterocycles. The van der Waals surface area contributed by atoms with E-state index in [1.54, 1.807) is 67.3 Å². The lowest BCUT2D eigenvalue weighted by Crippen LogP contribution is -2.43. The number of nitrogens with zero attached hydrogens (tertiary/aromatic N) is 2. The average molecular weight is 521 g/mol. The van der Waals surface area contributed by atoms with Crippen LogP contribution in [0.5, 0.6) is 11.5 Å². The van der Waals surface area contributed by atoms with Crippen LogP contribution in [0.25, 0.3) is 0 Å². The Morgan fingerprint density at radius 2 is 1.26 bits per heavy atom. The number of nitrogens with one attached hydrogen (secondary N) is 2. The van der Waals surface area contributed by atoms with E-state index < -0.39 is 11.6 Å². The van der Waals surface area contributed by atoms with Gasteiger partial charge < -0.3 is 20.3 Å². The van der Waals surface area contributed by atoms with Crippen molar-refractivity contribution in [2.75, 3.05) is 15.5 Å². The predicted molar refractivity (Wildman–Crippen MR) is 151 cm³/mol. The number of rotatable bonds is 7. The van der Waals surface area contributed by atoms with Crippen LogP contribution in [-0.2, 0) is 11.3 Å². The van der Waals surface area contributed by atoms with Crippen molar-refractivity contribution < 1.29 is 19.1 Å². The Morgan fingerprint density at radius 3 is 1.87 bits per heavy atom. The van der Waals surface area contributed by atoms with Crippen molar-refractivity contribution in [3.05, 3.63) is 115 Å². The molecule has 8 heteroatoms. The Kier molecular flexibility index (Phi) is 7.01. The van der Waals surface area contributed by atoms with Crippen LogP contribution in [0.1, 0.15) is 19.4 Å². The predicted octanol–water partition coefficient (Wildman–Crippen LogP) is 6.87. The van der Waals surface area contributed by atoms with E-state index in [-0.39, 0.29) is 18.5 Å². The van der Waals surface area contributed by atoms with Crippen molar-refractivity contribution in [2.24, 2.45) is 0 Å². The smallest absolute Gasteiger partial charge is 0.332 e. The molecule has 1 fully saturated rings. The van der Waals surface area contributed by atoms with Crippen LogP contribution < -0.4 is 20.3 Å². The molecule has 4 aromatic rings. The highest BCUT2D eigenvalue weighted by molar-refractivity contribution is 6.22. The van der Waals surface area contributed by atoms with Gasteiger partial charge in [0.25, 0.3) is 5.91 Å². The Labute approximate surface area is 226 Å². The summed E-state index contributed by atoms with van der Waals surface area (Å²) in [5, 5.41) is 5.56. The molecule has 0 saturated carbocycles. The molecule has 1 aliphatic rings.